The van der Waals surface area contributed by atoms with Gasteiger partial charge in [0.15, 0.2) is 0 Å². The fourth-order valence-electron chi connectivity index (χ4n) is 1.72. The molecule has 0 aliphatic carbocycles. The summed E-state index contributed by atoms with van der Waals surface area (Å²) >= 11 is 1.49. The van der Waals surface area contributed by atoms with E-state index in [1.165, 1.54) is 16.9 Å². The highest BCUT2D eigenvalue weighted by atomic mass is 32.1. The van der Waals surface area contributed by atoms with Gasteiger partial charge in [0.25, 0.3) is 0 Å². The Morgan fingerprint density at radius 2 is 2.11 bits per heavy atom. The average molecular weight is 278 g/mol. The van der Waals surface area contributed by atoms with Crippen molar-refractivity contribution in [2.75, 3.05) is 6.61 Å². The normalized spacial score (nSPS) is 14.3. The summed E-state index contributed by atoms with van der Waals surface area (Å²) in [6, 6.07) is 7.68. The summed E-state index contributed by atoms with van der Waals surface area (Å²) in [6.45, 7) is 2.38. The molecule has 0 aliphatic rings. The van der Waals surface area contributed by atoms with Crippen molar-refractivity contribution in [1.29, 1.82) is 0 Å². The number of hydrogen-bond acceptors (Lipinski definition) is 5. The summed E-state index contributed by atoms with van der Waals surface area (Å²) in [5.41, 5.74) is 8.18. The van der Waals surface area contributed by atoms with Crippen LogP contribution in [0.15, 0.2) is 35.8 Å². The molecule has 0 aliphatic heterocycles. The number of rotatable bonds is 6. The smallest absolute Gasteiger partial charge is 0.127 e. The maximum absolute atomic E-state index is 9.21. The largest absolute Gasteiger partial charge is 0.395 e. The van der Waals surface area contributed by atoms with Crippen LogP contribution >= 0.6 is 11.3 Å². The number of nitrogens with zero attached hydrogens (tertiary/aromatic N) is 1. The van der Waals surface area contributed by atoms with Crippen LogP contribution in [0.4, 0.5) is 0 Å². The van der Waals surface area contributed by atoms with Crippen LogP contribution in [-0.2, 0) is 11.3 Å². The molecule has 4 nitrogen and oxygen atoms in total. The Bertz CT molecular complexity index is 485. The van der Waals surface area contributed by atoms with E-state index in [0.29, 0.717) is 6.61 Å². The van der Waals surface area contributed by atoms with Crippen LogP contribution < -0.4 is 5.73 Å². The van der Waals surface area contributed by atoms with Gasteiger partial charge in [0.1, 0.15) is 11.1 Å². The molecule has 0 saturated carbocycles. The average Bonchev–Trinajstić information content (AvgIpc) is 2.94. The van der Waals surface area contributed by atoms with Crippen molar-refractivity contribution in [3.8, 4) is 0 Å². The van der Waals surface area contributed by atoms with Crippen LogP contribution in [0.5, 0.6) is 0 Å². The maximum Gasteiger partial charge on any atom is 0.127 e. The van der Waals surface area contributed by atoms with Gasteiger partial charge in [-0.25, -0.2) is 4.98 Å². The van der Waals surface area contributed by atoms with Crippen molar-refractivity contribution in [3.63, 3.8) is 0 Å². The third-order valence-corrected chi connectivity index (χ3v) is 3.68. The van der Waals surface area contributed by atoms with E-state index in [0.717, 1.165) is 10.6 Å². The summed E-state index contributed by atoms with van der Waals surface area (Å²) in [7, 11) is 0. The van der Waals surface area contributed by atoms with Crippen LogP contribution in [-0.4, -0.2) is 22.7 Å². The Morgan fingerprint density at radius 3 is 2.68 bits per heavy atom. The Labute approximate surface area is 116 Å². The number of aliphatic hydroxyl groups excluding tert-OH is 1. The minimum Gasteiger partial charge on any atom is -0.395 e. The number of thiazole rings is 1. The summed E-state index contributed by atoms with van der Waals surface area (Å²) in [5, 5.41) is 11.9. The Morgan fingerprint density at radius 1 is 1.37 bits per heavy atom. The van der Waals surface area contributed by atoms with Gasteiger partial charge < -0.3 is 15.6 Å². The van der Waals surface area contributed by atoms with E-state index < -0.39 is 6.04 Å². The van der Waals surface area contributed by atoms with Gasteiger partial charge in [0.05, 0.1) is 19.3 Å². The van der Waals surface area contributed by atoms with Gasteiger partial charge in [-0.1, -0.05) is 29.8 Å². The first-order valence-electron chi connectivity index (χ1n) is 6.13. The number of hydrogen-bond donors (Lipinski definition) is 2. The second kappa shape index (κ2) is 6.77. The summed E-state index contributed by atoms with van der Waals surface area (Å²) in [6.07, 6.45) is 1.35. The number of nitrogens with two attached hydrogens (primary N) is 1. The Kier molecular flexibility index (Phi) is 5.04. The Hall–Kier alpha value is -1.27. The lowest BCUT2D eigenvalue weighted by Crippen LogP contribution is -2.33. The van der Waals surface area contributed by atoms with Gasteiger partial charge in [-0.15, -0.1) is 11.3 Å². The molecular weight excluding hydrogens is 260 g/mol. The molecular formula is C14H18N2O2S. The van der Waals surface area contributed by atoms with Crippen molar-refractivity contribution in [2.24, 2.45) is 5.73 Å². The lowest BCUT2D eigenvalue weighted by atomic mass is 10.1. The van der Waals surface area contributed by atoms with Gasteiger partial charge in [-0.2, -0.15) is 0 Å². The molecule has 1 aromatic heterocycles. The molecule has 3 N–H and O–H groups in total. The first kappa shape index (κ1) is 14.1. The van der Waals surface area contributed by atoms with E-state index in [9.17, 15) is 5.11 Å². The minimum atomic E-state index is -0.461. The van der Waals surface area contributed by atoms with Crippen molar-refractivity contribution in [1.82, 2.24) is 4.98 Å². The third kappa shape index (κ3) is 3.84. The summed E-state index contributed by atoms with van der Waals surface area (Å²) in [5.74, 6) is 0. The van der Waals surface area contributed by atoms with Crippen molar-refractivity contribution < 1.29 is 9.84 Å². The van der Waals surface area contributed by atoms with Gasteiger partial charge >= 0.3 is 0 Å². The molecule has 2 atom stereocenters. The first-order chi connectivity index (χ1) is 9.20. The fraction of sp³-hybridized carbons (Fsp3) is 0.357. The molecule has 2 aromatic rings. The van der Waals surface area contributed by atoms with E-state index in [1.54, 1.807) is 6.20 Å². The SMILES string of the molecule is Cc1ccc(CO[C@H](c2nccs2)[C@@H](N)CO)cc1. The standard InChI is InChI=1S/C14H18N2O2S/c1-10-2-4-11(5-3-10)9-18-13(12(15)8-17)14-16-6-7-19-14/h2-7,12-13,17H,8-9,15H2,1H3/t12-,13-/m0/s1. The molecule has 2 rings (SSSR count). The highest BCUT2D eigenvalue weighted by molar-refractivity contribution is 7.09. The molecule has 0 saturated heterocycles. The second-order valence-electron chi connectivity index (χ2n) is 4.43. The number of aliphatic hydroxyl groups is 1. The quantitative estimate of drug-likeness (QED) is 0.848. The third-order valence-electron chi connectivity index (χ3n) is 2.84. The Balaban J connectivity index is 2.02. The van der Waals surface area contributed by atoms with E-state index >= 15 is 0 Å². The minimum absolute atomic E-state index is 0.127. The van der Waals surface area contributed by atoms with E-state index in [1.807, 2.05) is 36.6 Å². The van der Waals surface area contributed by atoms with Gasteiger partial charge in [-0.05, 0) is 12.5 Å². The second-order valence-corrected chi connectivity index (χ2v) is 5.36. The lowest BCUT2D eigenvalue weighted by Gasteiger charge is -2.20. The molecule has 0 bridgehead atoms. The van der Waals surface area contributed by atoms with Crippen LogP contribution in [0.1, 0.15) is 22.2 Å². The topological polar surface area (TPSA) is 68.4 Å². The van der Waals surface area contributed by atoms with Gasteiger partial charge in [-0.3, -0.25) is 0 Å². The van der Waals surface area contributed by atoms with Gasteiger partial charge in [0.2, 0.25) is 0 Å². The molecule has 19 heavy (non-hydrogen) atoms. The van der Waals surface area contributed by atoms with Crippen LogP contribution in [0, 0.1) is 6.92 Å². The number of benzene rings is 1. The highest BCUT2D eigenvalue weighted by Gasteiger charge is 2.22. The van der Waals surface area contributed by atoms with E-state index in [-0.39, 0.29) is 12.7 Å². The molecule has 0 unspecified atom stereocenters. The predicted octanol–water partition coefficient (Wildman–Crippen LogP) is 2.03. The van der Waals surface area contributed by atoms with Gasteiger partial charge in [0, 0.05) is 11.6 Å². The number of aromatic nitrogens is 1. The molecule has 102 valence electrons. The van der Waals surface area contributed by atoms with Crippen LogP contribution in [0.2, 0.25) is 0 Å². The van der Waals surface area contributed by atoms with E-state index in [2.05, 4.69) is 4.98 Å². The molecule has 5 heteroatoms. The molecule has 1 aromatic carbocycles. The maximum atomic E-state index is 9.21. The fourth-order valence-corrected chi connectivity index (χ4v) is 2.48. The molecule has 1 heterocycles. The molecule has 0 fully saturated rings. The van der Waals surface area contributed by atoms with E-state index in [4.69, 9.17) is 10.5 Å². The number of aryl methyl sites for hydroxylation is 1. The first-order valence-corrected chi connectivity index (χ1v) is 7.01. The highest BCUT2D eigenvalue weighted by Crippen LogP contribution is 2.23. The van der Waals surface area contributed by atoms with Crippen LogP contribution in [0.3, 0.4) is 0 Å². The zero-order valence-corrected chi connectivity index (χ0v) is 11.6. The summed E-state index contributed by atoms with van der Waals surface area (Å²) < 4.78 is 5.83. The predicted molar refractivity (Wildman–Crippen MR) is 75.9 cm³/mol. The molecule has 0 amide bonds. The van der Waals surface area contributed by atoms with Crippen LogP contribution in [0.25, 0.3) is 0 Å². The van der Waals surface area contributed by atoms with Crippen molar-refractivity contribution in [3.05, 3.63) is 52.0 Å². The lowest BCUT2D eigenvalue weighted by molar-refractivity contribution is 0.00874. The zero-order chi connectivity index (χ0) is 13.7. The zero-order valence-electron chi connectivity index (χ0n) is 10.8. The summed E-state index contributed by atoms with van der Waals surface area (Å²) in [4.78, 5) is 4.21. The number of ether oxygens (including phenoxy) is 1. The van der Waals surface area contributed by atoms with Crippen molar-refractivity contribution in [2.45, 2.75) is 25.7 Å². The monoisotopic (exact) mass is 278 g/mol. The molecule has 0 radical (unpaired) electrons. The molecule has 0 spiro atoms. The van der Waals surface area contributed by atoms with Crippen molar-refractivity contribution >= 4 is 11.3 Å².